The number of hydrogen-bond acceptors (Lipinski definition) is 4. The Kier molecular flexibility index (Phi) is 2.06. The molecule has 0 bridgehead atoms. The van der Waals surface area contributed by atoms with Crippen molar-refractivity contribution in [2.75, 3.05) is 5.73 Å². The molecule has 0 aliphatic carbocycles. The van der Waals surface area contributed by atoms with Gasteiger partial charge in [-0.1, -0.05) is 12.1 Å². The van der Waals surface area contributed by atoms with Crippen LogP contribution in [0.2, 0.25) is 0 Å². The molecule has 3 nitrogen and oxygen atoms in total. The molecule has 0 amide bonds. The maximum absolute atomic E-state index is 5.45. The van der Waals surface area contributed by atoms with Crippen LogP contribution in [0, 0.1) is 0 Å². The zero-order valence-corrected chi connectivity index (χ0v) is 8.10. The van der Waals surface area contributed by atoms with Gasteiger partial charge in [0.25, 0.3) is 0 Å². The number of hydrogen-bond donors (Lipinski definition) is 1. The van der Waals surface area contributed by atoms with Crippen LogP contribution in [-0.4, -0.2) is 5.16 Å². The fraction of sp³-hybridized carbons (Fsp3) is 0.222. The Morgan fingerprint density at radius 1 is 1.62 bits per heavy atom. The predicted molar refractivity (Wildman–Crippen MR) is 53.6 cm³/mol. The van der Waals surface area contributed by atoms with Crippen LogP contribution in [0.1, 0.15) is 12.5 Å². The van der Waals surface area contributed by atoms with Crippen molar-refractivity contribution in [1.29, 1.82) is 0 Å². The molecule has 4 heteroatoms. The summed E-state index contributed by atoms with van der Waals surface area (Å²) in [6.45, 7) is 2.12. The average molecular weight is 194 g/mol. The summed E-state index contributed by atoms with van der Waals surface area (Å²) in [5.41, 5.74) is 7.58. The summed E-state index contributed by atoms with van der Waals surface area (Å²) < 4.78 is 4.82. The van der Waals surface area contributed by atoms with Gasteiger partial charge in [0.1, 0.15) is 5.69 Å². The summed E-state index contributed by atoms with van der Waals surface area (Å²) in [7, 11) is 0. The molecule has 0 fully saturated rings. The topological polar surface area (TPSA) is 52.0 Å². The van der Waals surface area contributed by atoms with E-state index in [1.807, 2.05) is 0 Å². The van der Waals surface area contributed by atoms with Crippen molar-refractivity contribution in [2.24, 2.45) is 0 Å². The van der Waals surface area contributed by atoms with Gasteiger partial charge in [0.15, 0.2) is 0 Å². The van der Waals surface area contributed by atoms with E-state index in [9.17, 15) is 0 Å². The summed E-state index contributed by atoms with van der Waals surface area (Å²) >= 11 is 1.66. The van der Waals surface area contributed by atoms with E-state index in [0.29, 0.717) is 5.88 Å². The molecular weight excluding hydrogens is 184 g/mol. The number of thiophene rings is 1. The van der Waals surface area contributed by atoms with E-state index in [1.54, 1.807) is 17.4 Å². The molecule has 2 rings (SSSR count). The second-order valence-electron chi connectivity index (χ2n) is 2.74. The fourth-order valence-corrected chi connectivity index (χ4v) is 2.18. The summed E-state index contributed by atoms with van der Waals surface area (Å²) in [4.78, 5) is 1.16. The first kappa shape index (κ1) is 8.31. The Hall–Kier alpha value is -1.29. The van der Waals surface area contributed by atoms with E-state index < -0.39 is 0 Å². The lowest BCUT2D eigenvalue weighted by atomic mass is 10.2. The molecule has 0 saturated heterocycles. The molecule has 2 aromatic heterocycles. The highest BCUT2D eigenvalue weighted by molar-refractivity contribution is 7.13. The summed E-state index contributed by atoms with van der Waals surface area (Å²) in [6, 6.07) is 3.86. The molecule has 0 spiro atoms. The Labute approximate surface area is 80.2 Å². The van der Waals surface area contributed by atoms with Crippen LogP contribution in [0.15, 0.2) is 22.0 Å². The molecule has 68 valence electrons. The monoisotopic (exact) mass is 194 g/mol. The minimum atomic E-state index is 0.366. The SMILES string of the molecule is CCc1ccsc1-c1cc(N)on1. The van der Waals surface area contributed by atoms with Gasteiger partial charge in [-0.3, -0.25) is 0 Å². The summed E-state index contributed by atoms with van der Waals surface area (Å²) in [5, 5.41) is 5.93. The lowest BCUT2D eigenvalue weighted by Gasteiger charge is -1.93. The third-order valence-electron chi connectivity index (χ3n) is 1.89. The maximum Gasteiger partial charge on any atom is 0.222 e. The minimum absolute atomic E-state index is 0.366. The molecule has 2 N–H and O–H groups in total. The molecule has 0 aliphatic rings. The molecule has 0 unspecified atom stereocenters. The van der Waals surface area contributed by atoms with Crippen LogP contribution in [0.25, 0.3) is 10.6 Å². The molecule has 2 aromatic rings. The van der Waals surface area contributed by atoms with Gasteiger partial charge in [-0.05, 0) is 23.4 Å². The van der Waals surface area contributed by atoms with Crippen molar-refractivity contribution in [1.82, 2.24) is 5.16 Å². The first-order chi connectivity index (χ1) is 6.31. The highest BCUT2D eigenvalue weighted by atomic mass is 32.1. The highest BCUT2D eigenvalue weighted by Gasteiger charge is 2.09. The minimum Gasteiger partial charge on any atom is -0.368 e. The van der Waals surface area contributed by atoms with Crippen LogP contribution in [-0.2, 0) is 6.42 Å². The van der Waals surface area contributed by atoms with E-state index in [2.05, 4.69) is 23.5 Å². The Balaban J connectivity index is 2.45. The van der Waals surface area contributed by atoms with E-state index >= 15 is 0 Å². The first-order valence-electron chi connectivity index (χ1n) is 4.10. The van der Waals surface area contributed by atoms with Crippen LogP contribution in [0.3, 0.4) is 0 Å². The van der Waals surface area contributed by atoms with Crippen molar-refractivity contribution in [3.8, 4) is 10.6 Å². The standard InChI is InChI=1S/C9H10N2OS/c1-2-6-3-4-13-9(6)7-5-8(10)12-11-7/h3-5H,2,10H2,1H3. The molecular formula is C9H10N2OS. The van der Waals surface area contributed by atoms with Crippen molar-refractivity contribution < 1.29 is 4.52 Å². The zero-order chi connectivity index (χ0) is 9.26. The van der Waals surface area contributed by atoms with Crippen LogP contribution >= 0.6 is 11.3 Å². The number of aryl methyl sites for hydroxylation is 1. The van der Waals surface area contributed by atoms with Gasteiger partial charge in [0.05, 0.1) is 4.88 Å². The van der Waals surface area contributed by atoms with Gasteiger partial charge in [0, 0.05) is 6.07 Å². The molecule has 0 saturated carbocycles. The molecule has 0 aromatic carbocycles. The molecule has 13 heavy (non-hydrogen) atoms. The Morgan fingerprint density at radius 2 is 2.46 bits per heavy atom. The van der Waals surface area contributed by atoms with E-state index in [0.717, 1.165) is 17.0 Å². The lowest BCUT2D eigenvalue weighted by molar-refractivity contribution is 0.439. The Morgan fingerprint density at radius 3 is 3.08 bits per heavy atom. The number of aromatic nitrogens is 1. The van der Waals surface area contributed by atoms with Gasteiger partial charge in [0.2, 0.25) is 5.88 Å². The van der Waals surface area contributed by atoms with Gasteiger partial charge in [-0.25, -0.2) is 0 Å². The molecule has 2 heterocycles. The second kappa shape index (κ2) is 3.22. The fourth-order valence-electron chi connectivity index (χ4n) is 1.24. The first-order valence-corrected chi connectivity index (χ1v) is 4.98. The van der Waals surface area contributed by atoms with Crippen molar-refractivity contribution in [2.45, 2.75) is 13.3 Å². The van der Waals surface area contributed by atoms with Crippen LogP contribution < -0.4 is 5.73 Å². The third kappa shape index (κ3) is 1.45. The third-order valence-corrected chi connectivity index (χ3v) is 2.87. The number of nitrogen functional groups attached to an aromatic ring is 1. The number of anilines is 1. The normalized spacial score (nSPS) is 10.5. The number of nitrogens with zero attached hydrogens (tertiary/aromatic N) is 1. The van der Waals surface area contributed by atoms with Gasteiger partial charge in [-0.15, -0.1) is 11.3 Å². The highest BCUT2D eigenvalue weighted by Crippen LogP contribution is 2.29. The number of rotatable bonds is 2. The Bertz CT molecular complexity index is 405. The lowest BCUT2D eigenvalue weighted by Crippen LogP contribution is -1.79. The van der Waals surface area contributed by atoms with E-state index in [-0.39, 0.29) is 0 Å². The van der Waals surface area contributed by atoms with Gasteiger partial charge >= 0.3 is 0 Å². The maximum atomic E-state index is 5.45. The van der Waals surface area contributed by atoms with E-state index in [4.69, 9.17) is 10.3 Å². The van der Waals surface area contributed by atoms with Gasteiger partial charge in [-0.2, -0.15) is 0 Å². The summed E-state index contributed by atoms with van der Waals surface area (Å²) in [5.74, 6) is 0.366. The van der Waals surface area contributed by atoms with Crippen LogP contribution in [0.5, 0.6) is 0 Å². The predicted octanol–water partition coefficient (Wildman–Crippen LogP) is 2.55. The largest absolute Gasteiger partial charge is 0.368 e. The summed E-state index contributed by atoms with van der Waals surface area (Å²) in [6.07, 6.45) is 1.01. The van der Waals surface area contributed by atoms with Crippen molar-refractivity contribution in [3.63, 3.8) is 0 Å². The molecule has 0 atom stereocenters. The van der Waals surface area contributed by atoms with Crippen LogP contribution in [0.4, 0.5) is 5.88 Å². The zero-order valence-electron chi connectivity index (χ0n) is 7.28. The molecule has 0 aliphatic heterocycles. The number of nitrogens with two attached hydrogens (primary N) is 1. The second-order valence-corrected chi connectivity index (χ2v) is 3.66. The quantitative estimate of drug-likeness (QED) is 0.799. The smallest absolute Gasteiger partial charge is 0.222 e. The van der Waals surface area contributed by atoms with Crippen molar-refractivity contribution >= 4 is 17.2 Å². The average Bonchev–Trinajstić information content (AvgIpc) is 2.71. The van der Waals surface area contributed by atoms with E-state index in [1.165, 1.54) is 5.56 Å². The van der Waals surface area contributed by atoms with Gasteiger partial charge < -0.3 is 10.3 Å². The molecule has 0 radical (unpaired) electrons. The van der Waals surface area contributed by atoms with Crippen molar-refractivity contribution in [3.05, 3.63) is 23.1 Å².